The van der Waals surface area contributed by atoms with Crippen LogP contribution >= 0.6 is 11.6 Å². The summed E-state index contributed by atoms with van der Waals surface area (Å²) in [6.45, 7) is 0.961. The van der Waals surface area contributed by atoms with Crippen LogP contribution in [0.15, 0.2) is 53.4 Å². The van der Waals surface area contributed by atoms with Gasteiger partial charge in [-0.2, -0.15) is 5.10 Å². The van der Waals surface area contributed by atoms with Crippen LogP contribution in [-0.2, 0) is 6.54 Å². The van der Waals surface area contributed by atoms with Crippen molar-refractivity contribution >= 4 is 17.5 Å². The van der Waals surface area contributed by atoms with Crippen molar-refractivity contribution in [2.24, 2.45) is 0 Å². The van der Waals surface area contributed by atoms with Crippen LogP contribution in [0.5, 0.6) is 5.75 Å². The van der Waals surface area contributed by atoms with Crippen molar-refractivity contribution in [1.82, 2.24) is 15.1 Å². The molecule has 0 bridgehead atoms. The zero-order valence-electron chi connectivity index (χ0n) is 13.0. The van der Waals surface area contributed by atoms with Gasteiger partial charge in [0.05, 0.1) is 37.2 Å². The minimum absolute atomic E-state index is 0.243. The van der Waals surface area contributed by atoms with E-state index in [9.17, 15) is 4.79 Å². The number of halogens is 1. The molecule has 124 valence electrons. The van der Waals surface area contributed by atoms with E-state index in [1.54, 1.807) is 35.3 Å². The topological polar surface area (TPSA) is 69.3 Å². The van der Waals surface area contributed by atoms with Crippen molar-refractivity contribution < 1.29 is 13.9 Å². The third-order valence-corrected chi connectivity index (χ3v) is 3.71. The van der Waals surface area contributed by atoms with Crippen molar-refractivity contribution in [2.45, 2.75) is 6.54 Å². The second-order valence-corrected chi connectivity index (χ2v) is 5.51. The van der Waals surface area contributed by atoms with Crippen LogP contribution in [0.25, 0.3) is 11.3 Å². The molecule has 0 radical (unpaired) electrons. The lowest BCUT2D eigenvalue weighted by molar-refractivity contribution is 0.0949. The molecule has 0 unspecified atom stereocenters. The summed E-state index contributed by atoms with van der Waals surface area (Å²) in [5.74, 6) is 0.998. The van der Waals surface area contributed by atoms with Gasteiger partial charge in [0, 0.05) is 17.8 Å². The van der Waals surface area contributed by atoms with E-state index in [4.69, 9.17) is 20.8 Å². The summed E-state index contributed by atoms with van der Waals surface area (Å²) in [4.78, 5) is 12.3. The Labute approximate surface area is 144 Å². The highest BCUT2D eigenvalue weighted by atomic mass is 35.5. The van der Waals surface area contributed by atoms with Gasteiger partial charge in [0.1, 0.15) is 11.5 Å². The zero-order valence-corrected chi connectivity index (χ0v) is 13.8. The minimum Gasteiger partial charge on any atom is -0.496 e. The first-order chi connectivity index (χ1) is 11.7. The normalized spacial score (nSPS) is 10.6. The highest BCUT2D eigenvalue weighted by Crippen LogP contribution is 2.22. The van der Waals surface area contributed by atoms with E-state index >= 15 is 0 Å². The Bertz CT molecular complexity index is 827. The molecular formula is C17H16ClN3O3. The second kappa shape index (κ2) is 7.23. The molecule has 6 nitrogen and oxygen atoms in total. The average molecular weight is 346 g/mol. The Morgan fingerprint density at radius 2 is 2.29 bits per heavy atom. The minimum atomic E-state index is -0.243. The Morgan fingerprint density at radius 3 is 3.04 bits per heavy atom. The predicted molar refractivity (Wildman–Crippen MR) is 90.3 cm³/mol. The third-order valence-electron chi connectivity index (χ3n) is 3.47. The fourth-order valence-electron chi connectivity index (χ4n) is 2.29. The Kier molecular flexibility index (Phi) is 4.86. The average Bonchev–Trinajstić information content (AvgIpc) is 3.26. The van der Waals surface area contributed by atoms with Gasteiger partial charge in [-0.1, -0.05) is 11.6 Å². The van der Waals surface area contributed by atoms with Gasteiger partial charge >= 0.3 is 0 Å². The van der Waals surface area contributed by atoms with E-state index in [0.29, 0.717) is 29.4 Å². The van der Waals surface area contributed by atoms with Gasteiger partial charge < -0.3 is 14.5 Å². The molecule has 0 spiro atoms. The van der Waals surface area contributed by atoms with E-state index in [1.807, 2.05) is 18.3 Å². The van der Waals surface area contributed by atoms with Gasteiger partial charge in [-0.15, -0.1) is 0 Å². The van der Waals surface area contributed by atoms with Gasteiger partial charge in [-0.3, -0.25) is 9.48 Å². The van der Waals surface area contributed by atoms with Crippen molar-refractivity contribution in [3.63, 3.8) is 0 Å². The number of hydrogen-bond acceptors (Lipinski definition) is 4. The molecule has 2 aromatic heterocycles. The highest BCUT2D eigenvalue weighted by molar-refractivity contribution is 6.31. The summed E-state index contributed by atoms with van der Waals surface area (Å²) < 4.78 is 12.2. The number of carbonyl (C=O) groups excluding carboxylic acids is 1. The fraction of sp³-hybridized carbons (Fsp3) is 0.176. The zero-order chi connectivity index (χ0) is 16.9. The summed E-state index contributed by atoms with van der Waals surface area (Å²) in [6, 6.07) is 8.62. The number of amides is 1. The maximum Gasteiger partial charge on any atom is 0.255 e. The Hall–Kier alpha value is -2.73. The number of benzene rings is 1. The molecule has 0 fully saturated rings. The number of carbonyl (C=O) groups is 1. The van der Waals surface area contributed by atoms with Gasteiger partial charge in [0.25, 0.3) is 5.91 Å². The lowest BCUT2D eigenvalue weighted by Gasteiger charge is -2.09. The van der Waals surface area contributed by atoms with E-state index in [-0.39, 0.29) is 5.91 Å². The summed E-state index contributed by atoms with van der Waals surface area (Å²) in [5.41, 5.74) is 1.30. The summed E-state index contributed by atoms with van der Waals surface area (Å²) in [6.07, 6.45) is 5.21. The van der Waals surface area contributed by atoms with Crippen LogP contribution in [0.1, 0.15) is 10.4 Å². The summed E-state index contributed by atoms with van der Waals surface area (Å²) in [7, 11) is 1.51. The SMILES string of the molecule is COc1ccc(Cl)cc1C(=O)NCCn1cc(-c2ccco2)cn1. The van der Waals surface area contributed by atoms with Crippen LogP contribution < -0.4 is 10.1 Å². The van der Waals surface area contributed by atoms with Crippen LogP contribution in [0.4, 0.5) is 0 Å². The van der Waals surface area contributed by atoms with Gasteiger partial charge in [0.2, 0.25) is 0 Å². The highest BCUT2D eigenvalue weighted by Gasteiger charge is 2.12. The largest absolute Gasteiger partial charge is 0.496 e. The number of hydrogen-bond donors (Lipinski definition) is 1. The Morgan fingerprint density at radius 1 is 1.42 bits per heavy atom. The molecule has 7 heteroatoms. The first-order valence-electron chi connectivity index (χ1n) is 7.35. The molecule has 1 aromatic carbocycles. The molecule has 24 heavy (non-hydrogen) atoms. The molecule has 0 aliphatic heterocycles. The molecule has 1 amide bonds. The molecule has 0 aliphatic rings. The van der Waals surface area contributed by atoms with Crippen LogP contribution in [0.2, 0.25) is 5.02 Å². The number of methoxy groups -OCH3 is 1. The van der Waals surface area contributed by atoms with Crippen molar-refractivity contribution in [2.75, 3.05) is 13.7 Å². The molecular weight excluding hydrogens is 330 g/mol. The predicted octanol–water partition coefficient (Wildman–Crippen LogP) is 3.24. The lowest BCUT2D eigenvalue weighted by Crippen LogP contribution is -2.27. The number of nitrogens with one attached hydrogen (secondary N) is 1. The van der Waals surface area contributed by atoms with E-state index in [1.165, 1.54) is 7.11 Å². The quantitative estimate of drug-likeness (QED) is 0.744. The van der Waals surface area contributed by atoms with Crippen LogP contribution in [0.3, 0.4) is 0 Å². The molecule has 2 heterocycles. The fourth-order valence-corrected chi connectivity index (χ4v) is 2.46. The Balaban J connectivity index is 1.59. The van der Waals surface area contributed by atoms with E-state index in [2.05, 4.69) is 10.4 Å². The smallest absolute Gasteiger partial charge is 0.255 e. The number of ether oxygens (including phenoxy) is 1. The standard InChI is InChI=1S/C17H16ClN3O3/c1-23-16-5-4-13(18)9-14(16)17(22)19-6-7-21-11-12(10-20-21)15-3-2-8-24-15/h2-5,8-11H,6-7H2,1H3,(H,19,22). The first-order valence-corrected chi connectivity index (χ1v) is 7.73. The third kappa shape index (κ3) is 3.60. The lowest BCUT2D eigenvalue weighted by atomic mass is 10.2. The molecule has 3 rings (SSSR count). The maximum absolute atomic E-state index is 12.3. The van der Waals surface area contributed by atoms with Gasteiger partial charge in [-0.05, 0) is 30.3 Å². The van der Waals surface area contributed by atoms with Crippen molar-refractivity contribution in [3.05, 3.63) is 59.6 Å². The number of furan rings is 1. The van der Waals surface area contributed by atoms with Crippen molar-refractivity contribution in [3.8, 4) is 17.1 Å². The number of rotatable bonds is 6. The van der Waals surface area contributed by atoms with Crippen LogP contribution in [-0.4, -0.2) is 29.3 Å². The summed E-state index contributed by atoms with van der Waals surface area (Å²) >= 11 is 5.94. The first kappa shape index (κ1) is 16.1. The molecule has 0 saturated carbocycles. The molecule has 0 aliphatic carbocycles. The van der Waals surface area contributed by atoms with Gasteiger partial charge in [0.15, 0.2) is 0 Å². The van der Waals surface area contributed by atoms with E-state index in [0.717, 1.165) is 11.3 Å². The van der Waals surface area contributed by atoms with Gasteiger partial charge in [-0.25, -0.2) is 0 Å². The second-order valence-electron chi connectivity index (χ2n) is 5.07. The molecule has 3 aromatic rings. The number of aromatic nitrogens is 2. The number of nitrogens with zero attached hydrogens (tertiary/aromatic N) is 2. The van der Waals surface area contributed by atoms with Crippen LogP contribution in [0, 0.1) is 0 Å². The molecule has 1 N–H and O–H groups in total. The van der Waals surface area contributed by atoms with E-state index < -0.39 is 0 Å². The van der Waals surface area contributed by atoms with Crippen molar-refractivity contribution in [1.29, 1.82) is 0 Å². The monoisotopic (exact) mass is 345 g/mol. The molecule has 0 saturated heterocycles. The maximum atomic E-state index is 12.3. The molecule has 0 atom stereocenters. The summed E-state index contributed by atoms with van der Waals surface area (Å²) in [5, 5.41) is 7.56.